The molecule has 1 heterocycles. The molecule has 0 radical (unpaired) electrons. The maximum absolute atomic E-state index is 14.6. The Morgan fingerprint density at radius 3 is 2.48 bits per heavy atom. The lowest BCUT2D eigenvalue weighted by molar-refractivity contribution is 0.218. The molecule has 140 valence electrons. The monoisotopic (exact) mass is 388 g/mol. The van der Waals surface area contributed by atoms with E-state index in [-0.39, 0.29) is 16.7 Å². The smallest absolute Gasteiger partial charge is 0.165 e. The molecule has 29 heavy (non-hydrogen) atoms. The van der Waals surface area contributed by atoms with Crippen molar-refractivity contribution >= 4 is 11.1 Å². The van der Waals surface area contributed by atoms with Crippen molar-refractivity contribution in [1.82, 2.24) is 4.98 Å². The maximum atomic E-state index is 14.6. The molecule has 2 aromatic carbocycles. The lowest BCUT2D eigenvalue weighted by atomic mass is 9.92. The number of fused-ring (bicyclic) bond motifs is 4. The predicted molar refractivity (Wildman–Crippen MR) is 101 cm³/mol. The SMILES string of the molecule is N#C/C=C1/C(=C2\c3ccccc3-c3ncccc32)C(O)c2c(F)c(F)cc(F)c21. The van der Waals surface area contributed by atoms with Crippen molar-refractivity contribution in [2.45, 2.75) is 6.10 Å². The normalized spacial score (nSPS) is 20.4. The van der Waals surface area contributed by atoms with Gasteiger partial charge < -0.3 is 5.11 Å². The number of hydrogen-bond acceptors (Lipinski definition) is 3. The minimum atomic E-state index is -1.64. The molecule has 1 unspecified atom stereocenters. The van der Waals surface area contributed by atoms with E-state index in [4.69, 9.17) is 0 Å². The molecule has 2 aliphatic carbocycles. The number of aliphatic hydroxyl groups is 1. The van der Waals surface area contributed by atoms with Crippen LogP contribution in [0.2, 0.25) is 0 Å². The summed E-state index contributed by atoms with van der Waals surface area (Å²) in [5, 5.41) is 20.2. The molecule has 1 aromatic heterocycles. The van der Waals surface area contributed by atoms with E-state index in [1.54, 1.807) is 24.4 Å². The summed E-state index contributed by atoms with van der Waals surface area (Å²) < 4.78 is 43.0. The van der Waals surface area contributed by atoms with Crippen molar-refractivity contribution in [3.8, 4) is 17.3 Å². The highest BCUT2D eigenvalue weighted by atomic mass is 19.2. The van der Waals surface area contributed by atoms with Crippen molar-refractivity contribution in [3.63, 3.8) is 0 Å². The molecule has 0 saturated carbocycles. The molecule has 5 rings (SSSR count). The van der Waals surface area contributed by atoms with Crippen LogP contribution in [-0.4, -0.2) is 10.1 Å². The number of hydrogen-bond donors (Lipinski definition) is 1. The summed E-state index contributed by atoms with van der Waals surface area (Å²) in [6.45, 7) is 0. The Morgan fingerprint density at radius 2 is 1.72 bits per heavy atom. The van der Waals surface area contributed by atoms with Crippen LogP contribution in [0.3, 0.4) is 0 Å². The lowest BCUT2D eigenvalue weighted by Crippen LogP contribution is -2.03. The molecule has 0 spiro atoms. The van der Waals surface area contributed by atoms with Gasteiger partial charge in [0.25, 0.3) is 0 Å². The standard InChI is InChI=1S/C23H11F3N2O/c24-15-10-16(25)21(26)20-18(15)13(7-8-27)19(23(20)29)17-11-4-1-2-5-12(11)22-14(17)6-3-9-28-22/h1-7,9-10,23,29H/b13-7+,19-17-. The summed E-state index contributed by atoms with van der Waals surface area (Å²) >= 11 is 0. The summed E-state index contributed by atoms with van der Waals surface area (Å²) in [5.74, 6) is -3.75. The average molecular weight is 388 g/mol. The Morgan fingerprint density at radius 1 is 1.00 bits per heavy atom. The first-order valence-corrected chi connectivity index (χ1v) is 8.80. The summed E-state index contributed by atoms with van der Waals surface area (Å²) in [7, 11) is 0. The second-order valence-electron chi connectivity index (χ2n) is 6.77. The van der Waals surface area contributed by atoms with Gasteiger partial charge in [0.1, 0.15) is 11.9 Å². The topological polar surface area (TPSA) is 56.9 Å². The summed E-state index contributed by atoms with van der Waals surface area (Å²) in [4.78, 5) is 4.41. The molecule has 0 bridgehead atoms. The van der Waals surface area contributed by atoms with Crippen LogP contribution >= 0.6 is 0 Å². The molecule has 0 saturated heterocycles. The number of nitrogens with zero attached hydrogens (tertiary/aromatic N) is 2. The third-order valence-electron chi connectivity index (χ3n) is 5.32. The van der Waals surface area contributed by atoms with E-state index in [0.717, 1.165) is 11.6 Å². The van der Waals surface area contributed by atoms with Gasteiger partial charge in [-0.2, -0.15) is 5.26 Å². The minimum absolute atomic E-state index is 0.0351. The first kappa shape index (κ1) is 17.4. The largest absolute Gasteiger partial charge is 0.383 e. The molecular weight excluding hydrogens is 377 g/mol. The van der Waals surface area contributed by atoms with Crippen LogP contribution in [-0.2, 0) is 0 Å². The zero-order valence-corrected chi connectivity index (χ0v) is 14.7. The fourth-order valence-corrected chi connectivity index (χ4v) is 4.22. The van der Waals surface area contributed by atoms with Gasteiger partial charge in [0, 0.05) is 51.7 Å². The molecule has 2 aliphatic rings. The van der Waals surface area contributed by atoms with Crippen LogP contribution in [0.25, 0.3) is 22.4 Å². The number of nitriles is 1. The Kier molecular flexibility index (Phi) is 3.70. The van der Waals surface area contributed by atoms with Gasteiger partial charge in [-0.05, 0) is 17.2 Å². The van der Waals surface area contributed by atoms with Crippen LogP contribution in [0.5, 0.6) is 0 Å². The third kappa shape index (κ3) is 2.25. The minimum Gasteiger partial charge on any atom is -0.383 e. The van der Waals surface area contributed by atoms with Gasteiger partial charge in [-0.1, -0.05) is 30.3 Å². The molecule has 0 amide bonds. The number of rotatable bonds is 0. The van der Waals surface area contributed by atoms with Gasteiger partial charge in [-0.3, -0.25) is 4.98 Å². The van der Waals surface area contributed by atoms with Gasteiger partial charge in [0.05, 0.1) is 11.8 Å². The molecule has 3 nitrogen and oxygen atoms in total. The van der Waals surface area contributed by atoms with Crippen molar-refractivity contribution < 1.29 is 18.3 Å². The van der Waals surface area contributed by atoms with Crippen molar-refractivity contribution in [1.29, 1.82) is 5.26 Å². The summed E-state index contributed by atoms with van der Waals surface area (Å²) in [6, 6.07) is 13.1. The van der Waals surface area contributed by atoms with Gasteiger partial charge in [0.15, 0.2) is 11.6 Å². The van der Waals surface area contributed by atoms with Crippen molar-refractivity contribution in [2.24, 2.45) is 0 Å². The van der Waals surface area contributed by atoms with E-state index >= 15 is 0 Å². The van der Waals surface area contributed by atoms with E-state index in [9.17, 15) is 23.5 Å². The van der Waals surface area contributed by atoms with Gasteiger partial charge in [0.2, 0.25) is 0 Å². The molecule has 3 aromatic rings. The van der Waals surface area contributed by atoms with Crippen molar-refractivity contribution in [2.75, 3.05) is 0 Å². The summed E-state index contributed by atoms with van der Waals surface area (Å²) in [6.07, 6.45) is 1.04. The number of aliphatic hydroxyl groups excluding tert-OH is 1. The molecule has 6 heteroatoms. The van der Waals surface area contributed by atoms with Crippen LogP contribution in [0.1, 0.15) is 28.4 Å². The Balaban J connectivity index is 1.93. The number of benzene rings is 2. The number of halogens is 3. The fourth-order valence-electron chi connectivity index (χ4n) is 4.22. The zero-order valence-electron chi connectivity index (χ0n) is 14.7. The Bertz CT molecular complexity index is 1270. The number of aromatic nitrogens is 1. The second kappa shape index (κ2) is 6.16. The highest BCUT2D eigenvalue weighted by molar-refractivity contribution is 6.08. The number of pyridine rings is 1. The second-order valence-corrected chi connectivity index (χ2v) is 6.77. The fraction of sp³-hybridized carbons (Fsp3) is 0.0435. The maximum Gasteiger partial charge on any atom is 0.165 e. The van der Waals surface area contributed by atoms with E-state index in [0.29, 0.717) is 28.5 Å². The summed E-state index contributed by atoms with van der Waals surface area (Å²) in [5.41, 5.74) is 2.77. The van der Waals surface area contributed by atoms with E-state index < -0.39 is 29.1 Å². The molecule has 1 atom stereocenters. The quantitative estimate of drug-likeness (QED) is 0.343. The highest BCUT2D eigenvalue weighted by Crippen LogP contribution is 2.54. The first-order valence-electron chi connectivity index (χ1n) is 8.80. The van der Waals surface area contributed by atoms with Gasteiger partial charge >= 0.3 is 0 Å². The van der Waals surface area contributed by atoms with Crippen LogP contribution < -0.4 is 0 Å². The molecule has 1 N–H and O–H groups in total. The van der Waals surface area contributed by atoms with Crippen LogP contribution in [0.4, 0.5) is 13.2 Å². The van der Waals surface area contributed by atoms with Crippen LogP contribution in [0.15, 0.2) is 60.3 Å². The zero-order chi connectivity index (χ0) is 20.3. The predicted octanol–water partition coefficient (Wildman–Crippen LogP) is 4.94. The first-order chi connectivity index (χ1) is 14.0. The molecule has 0 fully saturated rings. The van der Waals surface area contributed by atoms with Crippen molar-refractivity contribution in [3.05, 3.63) is 100 Å². The van der Waals surface area contributed by atoms with E-state index in [1.165, 1.54) is 0 Å². The molecular formula is C23H11F3N2O. The van der Waals surface area contributed by atoms with E-state index in [2.05, 4.69) is 4.98 Å². The van der Waals surface area contributed by atoms with Gasteiger partial charge in [-0.15, -0.1) is 0 Å². The number of allylic oxidation sites excluding steroid dienone is 1. The third-order valence-corrected chi connectivity index (χ3v) is 5.32. The average Bonchev–Trinajstić information content (AvgIpc) is 3.19. The van der Waals surface area contributed by atoms with Gasteiger partial charge in [-0.25, -0.2) is 13.2 Å². The Labute approximate surface area is 163 Å². The Hall–Kier alpha value is -3.69. The van der Waals surface area contributed by atoms with E-state index in [1.807, 2.05) is 24.3 Å². The highest BCUT2D eigenvalue weighted by Gasteiger charge is 2.41. The lowest BCUT2D eigenvalue weighted by Gasteiger charge is -2.13. The van der Waals surface area contributed by atoms with Crippen LogP contribution in [0, 0.1) is 28.8 Å². The molecule has 0 aliphatic heterocycles.